The van der Waals surface area contributed by atoms with Crippen LogP contribution in [0.2, 0.25) is 0 Å². The first-order chi connectivity index (χ1) is 13.7. The summed E-state index contributed by atoms with van der Waals surface area (Å²) in [4.78, 5) is 23.6. The first-order valence-electron chi connectivity index (χ1n) is 10.6. The summed E-state index contributed by atoms with van der Waals surface area (Å²) in [7, 11) is -1.57. The third-order valence-corrected chi connectivity index (χ3v) is 9.32. The van der Waals surface area contributed by atoms with Gasteiger partial charge in [0.05, 0.1) is 0 Å². The predicted molar refractivity (Wildman–Crippen MR) is 162 cm³/mol. The van der Waals surface area contributed by atoms with E-state index in [-0.39, 0.29) is 22.0 Å². The molecule has 3 nitrogen and oxygen atoms in total. The van der Waals surface area contributed by atoms with Gasteiger partial charge in [-0.05, 0) is 84.0 Å². The molecule has 1 aliphatic carbocycles. The Hall–Kier alpha value is 0.430. The Bertz CT molecular complexity index is 751. The molecule has 0 aromatic carbocycles. The topological polar surface area (TPSA) is 51.2 Å². The Morgan fingerprint density at radius 3 is 1.23 bits per heavy atom. The van der Waals surface area contributed by atoms with E-state index in [9.17, 15) is 13.8 Å². The highest BCUT2D eigenvalue weighted by Gasteiger charge is 2.76. The third kappa shape index (κ3) is 10.1. The predicted octanol–water partition coefficient (Wildman–Crippen LogP) is 7.84. The highest BCUT2D eigenvalue weighted by atomic mass is 128. The van der Waals surface area contributed by atoms with Crippen LogP contribution in [-0.2, 0) is 19.1 Å². The number of carbonyl (C=O) groups is 2. The Morgan fingerprint density at radius 2 is 1.16 bits per heavy atom. The van der Waals surface area contributed by atoms with Crippen molar-refractivity contribution in [3.8, 4) is 0 Å². The van der Waals surface area contributed by atoms with E-state index >= 15 is 0 Å². The standard InChI is InChI=1S/C11H20O.C8H14O.C5H12OS.CH2I2/c1-7-8(12)11(6)9(2,3)10(11,4)5;1-5-8(9)7(4)6(2)3;1-5(2)7(3,4)6;1-3-2/h7H2,1-6H3;5H2,1-4H3;1-4H3;1H2. The Labute approximate surface area is 213 Å². The molecule has 0 spiro atoms. The highest BCUT2D eigenvalue weighted by Crippen LogP contribution is 2.78. The van der Waals surface area contributed by atoms with E-state index < -0.39 is 9.52 Å². The van der Waals surface area contributed by atoms with Crippen molar-refractivity contribution in [3.05, 3.63) is 11.1 Å². The molecule has 0 heterocycles. The van der Waals surface area contributed by atoms with Crippen molar-refractivity contribution >= 4 is 65.8 Å². The summed E-state index contributed by atoms with van der Waals surface area (Å²) in [5.41, 5.74) is 2.30. The Kier molecular flexibility index (Phi) is 17.0. The SMILES string of the molecule is C=II.CC(C)=S(C)(C)=O.CCC(=O)C(C)=C(C)C.CCC(=O)C1(C)C(C)(C)C1(C)C. The Balaban J connectivity index is -0.000000369. The number of hydrogen-bond donors (Lipinski definition) is 0. The molecule has 1 fully saturated rings. The molecule has 0 N–H and O–H groups in total. The van der Waals surface area contributed by atoms with Crippen LogP contribution in [-0.4, -0.2) is 37.7 Å². The molecule has 0 aromatic heterocycles. The molecule has 31 heavy (non-hydrogen) atoms. The summed E-state index contributed by atoms with van der Waals surface area (Å²) in [5.74, 6) is 0.674. The third-order valence-electron chi connectivity index (χ3n) is 7.35. The van der Waals surface area contributed by atoms with Crippen LogP contribution in [0.4, 0.5) is 0 Å². The first-order valence-corrected chi connectivity index (χ1v) is 20.8. The lowest BCUT2D eigenvalue weighted by molar-refractivity contribution is -0.125. The fourth-order valence-corrected chi connectivity index (χ4v) is 3.19. The van der Waals surface area contributed by atoms with Crippen LogP contribution in [0.3, 0.4) is 0 Å². The summed E-state index contributed by atoms with van der Waals surface area (Å²) >= 11 is 2.60. The van der Waals surface area contributed by atoms with Gasteiger partial charge in [0.2, 0.25) is 0 Å². The smallest absolute Gasteiger partial charge is 0.158 e. The summed E-state index contributed by atoms with van der Waals surface area (Å²) in [6, 6.07) is 0. The molecular formula is C25H48I2O3S. The van der Waals surface area contributed by atoms with Crippen molar-refractivity contribution in [1.82, 2.24) is 0 Å². The van der Waals surface area contributed by atoms with E-state index in [1.165, 1.54) is 0 Å². The van der Waals surface area contributed by atoms with Crippen LogP contribution in [0.5, 0.6) is 0 Å². The van der Waals surface area contributed by atoms with Gasteiger partial charge in [0, 0.05) is 30.8 Å². The van der Waals surface area contributed by atoms with Crippen LogP contribution >= 0.6 is 35.4 Å². The molecule has 0 unspecified atom stereocenters. The van der Waals surface area contributed by atoms with Gasteiger partial charge in [-0.25, -0.2) is 0 Å². The van der Waals surface area contributed by atoms with E-state index in [2.05, 4.69) is 57.7 Å². The maximum Gasteiger partial charge on any atom is 0.158 e. The van der Waals surface area contributed by atoms with Crippen molar-refractivity contribution in [2.45, 2.75) is 95.9 Å². The zero-order valence-electron chi connectivity index (χ0n) is 22.5. The highest BCUT2D eigenvalue weighted by molar-refractivity contribution is 15.0. The number of Topliss-reactive ketones (excluding diaryl/α,β-unsaturated/α-hetero) is 2. The Morgan fingerprint density at radius 1 is 0.871 bits per heavy atom. The molecule has 0 saturated heterocycles. The van der Waals surface area contributed by atoms with Crippen molar-refractivity contribution < 1.29 is 13.8 Å². The second kappa shape index (κ2) is 14.6. The zero-order chi connectivity index (χ0) is 26.0. The number of ketones is 2. The van der Waals surface area contributed by atoms with E-state index in [1.807, 2.05) is 48.5 Å². The summed E-state index contributed by atoms with van der Waals surface area (Å²) in [6.45, 7) is 24.3. The first kappa shape index (κ1) is 36.0. The number of allylic oxidation sites excluding steroid dienone is 2. The second-order valence-electron chi connectivity index (χ2n) is 9.80. The lowest BCUT2D eigenvalue weighted by Gasteiger charge is -2.12. The molecule has 0 aromatic rings. The van der Waals surface area contributed by atoms with Gasteiger partial charge < -0.3 is 0 Å². The molecule has 0 aliphatic heterocycles. The molecule has 6 heteroatoms. The van der Waals surface area contributed by atoms with E-state index in [1.54, 1.807) is 12.5 Å². The van der Waals surface area contributed by atoms with Gasteiger partial charge in [-0.2, -0.15) is 0 Å². The maximum absolute atomic E-state index is 11.7. The second-order valence-corrected chi connectivity index (χ2v) is 17.5. The van der Waals surface area contributed by atoms with Gasteiger partial charge in [0.1, 0.15) is 5.78 Å². The van der Waals surface area contributed by atoms with Crippen LogP contribution < -0.4 is 0 Å². The largest absolute Gasteiger partial charge is 0.299 e. The molecule has 0 bridgehead atoms. The quantitative estimate of drug-likeness (QED) is 0.173. The minimum Gasteiger partial charge on any atom is -0.299 e. The van der Waals surface area contributed by atoms with Gasteiger partial charge in [-0.3, -0.25) is 13.8 Å². The fraction of sp³-hybridized carbons (Fsp3) is 0.760. The molecule has 0 radical (unpaired) electrons. The summed E-state index contributed by atoms with van der Waals surface area (Å²) in [5, 5.41) is 0. The minimum atomic E-state index is -1.57. The number of carbonyl (C=O) groups excluding carboxylic acids is 2. The fourth-order valence-electron chi connectivity index (χ4n) is 3.19. The van der Waals surface area contributed by atoms with Crippen molar-refractivity contribution in [3.63, 3.8) is 0 Å². The van der Waals surface area contributed by atoms with E-state index in [0.29, 0.717) is 35.4 Å². The van der Waals surface area contributed by atoms with Gasteiger partial charge in [-0.1, -0.05) is 75.3 Å². The van der Waals surface area contributed by atoms with Gasteiger partial charge in [-0.15, -0.1) is 0 Å². The number of halogens is 2. The van der Waals surface area contributed by atoms with Crippen molar-refractivity contribution in [1.29, 1.82) is 0 Å². The molecule has 0 atom stereocenters. The number of hydrogen-bond acceptors (Lipinski definition) is 3. The molecule has 1 rings (SSSR count). The van der Waals surface area contributed by atoms with Crippen molar-refractivity contribution in [2.75, 3.05) is 12.5 Å². The normalized spacial score (nSPS) is 16.6. The molecular weight excluding hydrogens is 634 g/mol. The van der Waals surface area contributed by atoms with Gasteiger partial charge >= 0.3 is 0 Å². The minimum absolute atomic E-state index is 0.0885. The zero-order valence-corrected chi connectivity index (χ0v) is 27.6. The van der Waals surface area contributed by atoms with Crippen LogP contribution in [0.25, 0.3) is 0 Å². The summed E-state index contributed by atoms with van der Waals surface area (Å²) < 4.78 is 14.4. The molecule has 1 aliphatic rings. The monoisotopic (exact) mass is 682 g/mol. The summed E-state index contributed by atoms with van der Waals surface area (Å²) in [6.07, 6.45) is 4.80. The average Bonchev–Trinajstić information content (AvgIpc) is 2.97. The maximum atomic E-state index is 11.7. The van der Waals surface area contributed by atoms with Crippen LogP contribution in [0.15, 0.2) is 11.1 Å². The lowest BCUT2D eigenvalue weighted by Crippen LogP contribution is -2.18. The molecule has 186 valence electrons. The number of rotatable bonds is 4. The van der Waals surface area contributed by atoms with Gasteiger partial charge in [0.15, 0.2) is 5.78 Å². The molecule has 1 saturated carbocycles. The lowest BCUT2D eigenvalue weighted by atomic mass is 9.90. The van der Waals surface area contributed by atoms with Gasteiger partial charge in [0.25, 0.3) is 0 Å². The van der Waals surface area contributed by atoms with E-state index in [4.69, 9.17) is 0 Å². The van der Waals surface area contributed by atoms with Crippen molar-refractivity contribution in [2.24, 2.45) is 16.2 Å². The average molecular weight is 683 g/mol. The van der Waals surface area contributed by atoms with Crippen LogP contribution in [0.1, 0.15) is 95.9 Å². The molecule has 0 amide bonds. The van der Waals surface area contributed by atoms with Crippen LogP contribution in [0, 0.1) is 16.2 Å². The van der Waals surface area contributed by atoms with E-state index in [0.717, 1.165) is 16.0 Å².